The Morgan fingerprint density at radius 2 is 1.75 bits per heavy atom. The molecule has 0 bridgehead atoms. The highest BCUT2D eigenvalue weighted by molar-refractivity contribution is 6.01. The number of benzene rings is 3. The van der Waals surface area contributed by atoms with Gasteiger partial charge < -0.3 is 10.1 Å². The molecule has 162 valence electrons. The summed E-state index contributed by atoms with van der Waals surface area (Å²) < 4.78 is 7.24. The highest BCUT2D eigenvalue weighted by Crippen LogP contribution is 2.24. The molecule has 0 saturated carbocycles. The summed E-state index contributed by atoms with van der Waals surface area (Å²) in [6, 6.07) is 23.3. The Kier molecular flexibility index (Phi) is 6.31. The van der Waals surface area contributed by atoms with E-state index in [1.165, 1.54) is 5.56 Å². The third-order valence-corrected chi connectivity index (χ3v) is 5.10. The predicted molar refractivity (Wildman–Crippen MR) is 126 cm³/mol. The van der Waals surface area contributed by atoms with E-state index in [0.29, 0.717) is 18.1 Å². The van der Waals surface area contributed by atoms with E-state index < -0.39 is 0 Å². The van der Waals surface area contributed by atoms with Gasteiger partial charge in [-0.2, -0.15) is 0 Å². The van der Waals surface area contributed by atoms with Crippen molar-refractivity contribution in [3.8, 4) is 22.8 Å². The van der Waals surface area contributed by atoms with Gasteiger partial charge in [0.2, 0.25) is 5.82 Å². The number of rotatable bonds is 7. The Morgan fingerprint density at radius 1 is 1.00 bits per heavy atom. The molecule has 6 nitrogen and oxygen atoms in total. The fourth-order valence-corrected chi connectivity index (χ4v) is 3.42. The molecule has 1 aromatic heterocycles. The van der Waals surface area contributed by atoms with E-state index >= 15 is 0 Å². The van der Waals surface area contributed by atoms with Crippen molar-refractivity contribution in [2.75, 3.05) is 11.9 Å². The van der Waals surface area contributed by atoms with Crippen molar-refractivity contribution >= 4 is 11.6 Å². The van der Waals surface area contributed by atoms with Gasteiger partial charge in [0.05, 0.1) is 12.3 Å². The van der Waals surface area contributed by atoms with Gasteiger partial charge in [-0.1, -0.05) is 42.8 Å². The maximum Gasteiger partial charge on any atom is 0.295 e. The van der Waals surface area contributed by atoms with Crippen LogP contribution in [0, 0.1) is 6.92 Å². The zero-order chi connectivity index (χ0) is 22.5. The van der Waals surface area contributed by atoms with Crippen molar-refractivity contribution in [3.63, 3.8) is 0 Å². The molecule has 3 aromatic carbocycles. The summed E-state index contributed by atoms with van der Waals surface area (Å²) in [4.78, 5) is 17.5. The molecule has 0 spiro atoms. The first-order valence-electron chi connectivity index (χ1n) is 10.7. The minimum absolute atomic E-state index is 0.106. The minimum Gasteiger partial charge on any atom is -0.494 e. The monoisotopic (exact) mass is 426 g/mol. The van der Waals surface area contributed by atoms with Crippen LogP contribution in [0.3, 0.4) is 0 Å². The quantitative estimate of drug-likeness (QED) is 0.426. The van der Waals surface area contributed by atoms with Crippen LogP contribution in [0.4, 0.5) is 5.69 Å². The number of carbonyl (C=O) groups is 1. The summed E-state index contributed by atoms with van der Waals surface area (Å²) in [6.45, 7) is 6.66. The number of hydrogen-bond acceptors (Lipinski definition) is 4. The van der Waals surface area contributed by atoms with Crippen molar-refractivity contribution in [1.29, 1.82) is 0 Å². The number of nitrogens with zero attached hydrogens (tertiary/aromatic N) is 3. The number of aryl methyl sites for hydroxylation is 2. The summed E-state index contributed by atoms with van der Waals surface area (Å²) in [6.07, 6.45) is 0.947. The molecule has 0 saturated heterocycles. The predicted octanol–water partition coefficient (Wildman–Crippen LogP) is 5.46. The number of hydrogen-bond donors (Lipinski definition) is 1. The maximum atomic E-state index is 12.9. The van der Waals surface area contributed by atoms with Crippen molar-refractivity contribution in [3.05, 3.63) is 89.7 Å². The van der Waals surface area contributed by atoms with Crippen molar-refractivity contribution in [2.24, 2.45) is 0 Å². The number of ether oxygens (including phenoxy) is 1. The normalized spacial score (nSPS) is 10.7. The van der Waals surface area contributed by atoms with E-state index in [-0.39, 0.29) is 11.7 Å². The molecule has 1 heterocycles. The van der Waals surface area contributed by atoms with Crippen LogP contribution in [-0.4, -0.2) is 27.3 Å². The molecule has 32 heavy (non-hydrogen) atoms. The van der Waals surface area contributed by atoms with Crippen LogP contribution < -0.4 is 10.1 Å². The topological polar surface area (TPSA) is 69.0 Å². The number of anilines is 1. The lowest BCUT2D eigenvalue weighted by Crippen LogP contribution is -2.14. The van der Waals surface area contributed by atoms with Crippen molar-refractivity contribution in [2.45, 2.75) is 27.2 Å². The van der Waals surface area contributed by atoms with Gasteiger partial charge in [0, 0.05) is 11.3 Å². The number of carbonyl (C=O) groups excluding carboxylic acids is 1. The van der Waals surface area contributed by atoms with Crippen LogP contribution >= 0.6 is 0 Å². The first-order valence-corrected chi connectivity index (χ1v) is 10.7. The van der Waals surface area contributed by atoms with Gasteiger partial charge in [-0.3, -0.25) is 4.79 Å². The molecular formula is C26H26N4O2. The van der Waals surface area contributed by atoms with Gasteiger partial charge in [0.25, 0.3) is 5.91 Å². The number of aromatic nitrogens is 3. The van der Waals surface area contributed by atoms with E-state index in [0.717, 1.165) is 29.0 Å². The average Bonchev–Trinajstić information content (AvgIpc) is 3.26. The van der Waals surface area contributed by atoms with E-state index in [1.54, 1.807) is 4.68 Å². The van der Waals surface area contributed by atoms with Crippen LogP contribution in [0.1, 0.15) is 35.6 Å². The van der Waals surface area contributed by atoms with Gasteiger partial charge in [0.1, 0.15) is 5.75 Å². The molecule has 0 fully saturated rings. The zero-order valence-corrected chi connectivity index (χ0v) is 18.5. The van der Waals surface area contributed by atoms with Crippen molar-refractivity contribution < 1.29 is 9.53 Å². The molecule has 0 radical (unpaired) electrons. The van der Waals surface area contributed by atoms with E-state index in [2.05, 4.69) is 22.3 Å². The van der Waals surface area contributed by atoms with Crippen LogP contribution in [0.15, 0.2) is 72.8 Å². The SMILES string of the molecule is CCOc1ccc(-n2nc(C(=O)Nc3ccc(CC)cc3)nc2-c2cccc(C)c2)cc1. The average molecular weight is 427 g/mol. The molecule has 4 rings (SSSR count). The van der Waals surface area contributed by atoms with Gasteiger partial charge in [-0.25, -0.2) is 9.67 Å². The molecule has 0 aliphatic rings. The molecule has 0 aliphatic heterocycles. The summed E-state index contributed by atoms with van der Waals surface area (Å²) in [5.41, 5.74) is 4.71. The fraction of sp³-hybridized carbons (Fsp3) is 0.192. The van der Waals surface area contributed by atoms with Crippen LogP contribution in [-0.2, 0) is 6.42 Å². The zero-order valence-electron chi connectivity index (χ0n) is 18.5. The van der Waals surface area contributed by atoms with E-state index in [9.17, 15) is 4.79 Å². The highest BCUT2D eigenvalue weighted by Gasteiger charge is 2.19. The van der Waals surface area contributed by atoms with E-state index in [1.807, 2.05) is 86.6 Å². The summed E-state index contributed by atoms with van der Waals surface area (Å²) in [5, 5.41) is 7.44. The van der Waals surface area contributed by atoms with Crippen LogP contribution in [0.2, 0.25) is 0 Å². The standard InChI is InChI=1S/C26H26N4O2/c1-4-19-9-11-21(12-10-19)27-26(31)24-28-25(20-8-6-7-18(3)17-20)30(29-24)22-13-15-23(16-14-22)32-5-2/h6-17H,4-5H2,1-3H3,(H,27,31). The Labute approximate surface area is 187 Å². The molecule has 0 aliphatic carbocycles. The Balaban J connectivity index is 1.70. The minimum atomic E-state index is -0.354. The Hall–Kier alpha value is -3.93. The Morgan fingerprint density at radius 3 is 2.41 bits per heavy atom. The second kappa shape index (κ2) is 9.47. The molecule has 4 aromatic rings. The molecular weight excluding hydrogens is 400 g/mol. The van der Waals surface area contributed by atoms with Gasteiger partial charge >= 0.3 is 0 Å². The lowest BCUT2D eigenvalue weighted by molar-refractivity contribution is 0.101. The fourth-order valence-electron chi connectivity index (χ4n) is 3.42. The molecule has 1 amide bonds. The molecule has 1 N–H and O–H groups in total. The van der Waals surface area contributed by atoms with Crippen LogP contribution in [0.25, 0.3) is 17.1 Å². The summed E-state index contributed by atoms with van der Waals surface area (Å²) in [5.74, 6) is 1.13. The van der Waals surface area contributed by atoms with Crippen LogP contribution in [0.5, 0.6) is 5.75 Å². The first kappa shape index (κ1) is 21.3. The number of amides is 1. The third-order valence-electron chi connectivity index (χ3n) is 5.10. The maximum absolute atomic E-state index is 12.9. The van der Waals surface area contributed by atoms with Gasteiger partial charge in [0.15, 0.2) is 5.82 Å². The smallest absolute Gasteiger partial charge is 0.295 e. The molecule has 6 heteroatoms. The lowest BCUT2D eigenvalue weighted by atomic mass is 10.1. The highest BCUT2D eigenvalue weighted by atomic mass is 16.5. The first-order chi connectivity index (χ1) is 15.6. The Bertz CT molecular complexity index is 1210. The van der Waals surface area contributed by atoms with Crippen molar-refractivity contribution in [1.82, 2.24) is 14.8 Å². The second-order valence-corrected chi connectivity index (χ2v) is 7.47. The number of nitrogens with one attached hydrogen (secondary N) is 1. The largest absolute Gasteiger partial charge is 0.494 e. The lowest BCUT2D eigenvalue weighted by Gasteiger charge is -2.08. The molecule has 0 unspecified atom stereocenters. The van der Waals surface area contributed by atoms with E-state index in [4.69, 9.17) is 4.74 Å². The third kappa shape index (κ3) is 4.70. The molecule has 0 atom stereocenters. The second-order valence-electron chi connectivity index (χ2n) is 7.47. The summed E-state index contributed by atoms with van der Waals surface area (Å²) in [7, 11) is 0. The van der Waals surface area contributed by atoms with Gasteiger partial charge in [-0.15, -0.1) is 5.10 Å². The van der Waals surface area contributed by atoms with Gasteiger partial charge in [-0.05, 0) is 68.3 Å². The summed E-state index contributed by atoms with van der Waals surface area (Å²) >= 11 is 0.